The van der Waals surface area contributed by atoms with E-state index in [0.29, 0.717) is 6.61 Å². The van der Waals surface area contributed by atoms with Gasteiger partial charge in [0.15, 0.2) is 0 Å². The van der Waals surface area contributed by atoms with Crippen molar-refractivity contribution in [2.75, 3.05) is 13.2 Å². The van der Waals surface area contributed by atoms with Gasteiger partial charge in [0.1, 0.15) is 0 Å². The van der Waals surface area contributed by atoms with Gasteiger partial charge in [-0.25, -0.2) is 0 Å². The molecule has 3 heteroatoms. The fourth-order valence-electron chi connectivity index (χ4n) is 1.76. The molecule has 0 bridgehead atoms. The third-order valence-electron chi connectivity index (χ3n) is 2.72. The molecule has 0 fully saturated rings. The zero-order chi connectivity index (χ0) is 11.6. The topological polar surface area (TPSA) is 37.2 Å². The molecule has 0 spiro atoms. The molecule has 0 aliphatic rings. The van der Waals surface area contributed by atoms with Crippen LogP contribution in [0.2, 0.25) is 0 Å². The van der Waals surface area contributed by atoms with Crippen LogP contribution in [0.15, 0.2) is 18.5 Å². The van der Waals surface area contributed by atoms with Crippen LogP contribution >= 0.6 is 0 Å². The van der Waals surface area contributed by atoms with Gasteiger partial charge >= 0.3 is 0 Å². The number of nitrogens with zero attached hydrogens (tertiary/aromatic N) is 1. The summed E-state index contributed by atoms with van der Waals surface area (Å²) in [5, 5.41) is 12.0. The number of unbranched alkanes of at least 4 members (excludes halogenated alkanes) is 3. The van der Waals surface area contributed by atoms with Crippen LogP contribution < -0.4 is 5.32 Å². The zero-order valence-corrected chi connectivity index (χ0v) is 10.3. The van der Waals surface area contributed by atoms with E-state index in [0.717, 1.165) is 32.5 Å². The maximum Gasteiger partial charge on any atom is 0.0431 e. The standard InChI is InChI=1S/C13H24N2O/c1-2-14-11-13-7-9-15(12-13)8-5-3-4-6-10-16/h7,9,12,14,16H,2-6,8,10-11H2,1H3. The minimum Gasteiger partial charge on any atom is -0.396 e. The summed E-state index contributed by atoms with van der Waals surface area (Å²) in [5.74, 6) is 0. The Morgan fingerprint density at radius 1 is 1.25 bits per heavy atom. The molecule has 1 rings (SSSR count). The van der Waals surface area contributed by atoms with Crippen molar-refractivity contribution in [3.63, 3.8) is 0 Å². The average Bonchev–Trinajstić information content (AvgIpc) is 2.74. The molecular formula is C13H24N2O. The first-order chi connectivity index (χ1) is 7.86. The van der Waals surface area contributed by atoms with Crippen molar-refractivity contribution < 1.29 is 5.11 Å². The van der Waals surface area contributed by atoms with Gasteiger partial charge in [0, 0.05) is 32.1 Å². The number of hydrogen-bond donors (Lipinski definition) is 2. The van der Waals surface area contributed by atoms with Crippen LogP contribution in [0.25, 0.3) is 0 Å². The second-order valence-corrected chi connectivity index (χ2v) is 4.18. The molecule has 3 nitrogen and oxygen atoms in total. The molecule has 0 unspecified atom stereocenters. The molecule has 0 saturated carbocycles. The van der Waals surface area contributed by atoms with E-state index in [1.807, 2.05) is 0 Å². The molecule has 92 valence electrons. The highest BCUT2D eigenvalue weighted by Gasteiger charge is 1.96. The van der Waals surface area contributed by atoms with Gasteiger partial charge in [-0.05, 0) is 31.0 Å². The highest BCUT2D eigenvalue weighted by molar-refractivity contribution is 5.09. The van der Waals surface area contributed by atoms with Crippen LogP contribution in [0.1, 0.15) is 38.2 Å². The molecule has 2 N–H and O–H groups in total. The Hall–Kier alpha value is -0.800. The lowest BCUT2D eigenvalue weighted by molar-refractivity contribution is 0.282. The quantitative estimate of drug-likeness (QED) is 0.631. The van der Waals surface area contributed by atoms with Crippen LogP contribution in [0, 0.1) is 0 Å². The lowest BCUT2D eigenvalue weighted by Crippen LogP contribution is -2.11. The Labute approximate surface area is 98.5 Å². The normalized spacial score (nSPS) is 10.9. The minimum absolute atomic E-state index is 0.330. The van der Waals surface area contributed by atoms with Crippen molar-refractivity contribution >= 4 is 0 Å². The number of hydrogen-bond acceptors (Lipinski definition) is 2. The molecule has 0 amide bonds. The van der Waals surface area contributed by atoms with Gasteiger partial charge < -0.3 is 15.0 Å². The number of aromatic nitrogens is 1. The molecule has 0 atom stereocenters. The summed E-state index contributed by atoms with van der Waals surface area (Å²) < 4.78 is 2.26. The number of nitrogens with one attached hydrogen (secondary N) is 1. The van der Waals surface area contributed by atoms with Gasteiger partial charge in [-0.3, -0.25) is 0 Å². The third kappa shape index (κ3) is 5.33. The highest BCUT2D eigenvalue weighted by Crippen LogP contribution is 2.05. The monoisotopic (exact) mass is 224 g/mol. The Balaban J connectivity index is 2.14. The van der Waals surface area contributed by atoms with E-state index in [1.54, 1.807) is 0 Å². The first kappa shape index (κ1) is 13.3. The predicted octanol–water partition coefficient (Wildman–Crippen LogP) is 2.15. The number of rotatable bonds is 9. The van der Waals surface area contributed by atoms with Crippen LogP contribution in [-0.4, -0.2) is 22.8 Å². The largest absolute Gasteiger partial charge is 0.396 e. The summed E-state index contributed by atoms with van der Waals surface area (Å²) in [4.78, 5) is 0. The zero-order valence-electron chi connectivity index (χ0n) is 10.3. The fourth-order valence-corrected chi connectivity index (χ4v) is 1.76. The Bertz CT molecular complexity index is 271. The lowest BCUT2D eigenvalue weighted by atomic mass is 10.2. The maximum absolute atomic E-state index is 8.66. The van der Waals surface area contributed by atoms with Crippen molar-refractivity contribution in [3.8, 4) is 0 Å². The van der Waals surface area contributed by atoms with Crippen molar-refractivity contribution in [1.29, 1.82) is 0 Å². The van der Waals surface area contributed by atoms with Crippen molar-refractivity contribution in [1.82, 2.24) is 9.88 Å². The van der Waals surface area contributed by atoms with E-state index < -0.39 is 0 Å². The molecule has 16 heavy (non-hydrogen) atoms. The Kier molecular flexibility index (Phi) is 6.93. The number of aliphatic hydroxyl groups is 1. The number of aliphatic hydroxyl groups excluding tert-OH is 1. The average molecular weight is 224 g/mol. The predicted molar refractivity (Wildman–Crippen MR) is 67.4 cm³/mol. The minimum atomic E-state index is 0.330. The summed E-state index contributed by atoms with van der Waals surface area (Å²) in [6, 6.07) is 2.18. The van der Waals surface area contributed by atoms with E-state index in [-0.39, 0.29) is 0 Å². The molecule has 0 aliphatic heterocycles. The van der Waals surface area contributed by atoms with E-state index in [2.05, 4.69) is 35.3 Å². The molecule has 1 aromatic heterocycles. The molecule has 0 aromatic carbocycles. The summed E-state index contributed by atoms with van der Waals surface area (Å²) >= 11 is 0. The van der Waals surface area contributed by atoms with Gasteiger partial charge in [0.2, 0.25) is 0 Å². The van der Waals surface area contributed by atoms with Crippen molar-refractivity contribution in [3.05, 3.63) is 24.0 Å². The number of aryl methyl sites for hydroxylation is 1. The second kappa shape index (κ2) is 8.36. The van der Waals surface area contributed by atoms with Gasteiger partial charge in [0.05, 0.1) is 0 Å². The van der Waals surface area contributed by atoms with Gasteiger partial charge in [-0.2, -0.15) is 0 Å². The molecule has 0 saturated heterocycles. The highest BCUT2D eigenvalue weighted by atomic mass is 16.2. The van der Waals surface area contributed by atoms with Crippen LogP contribution in [0.4, 0.5) is 0 Å². The SMILES string of the molecule is CCNCc1ccn(CCCCCCO)c1. The Morgan fingerprint density at radius 2 is 2.06 bits per heavy atom. The summed E-state index contributed by atoms with van der Waals surface area (Å²) in [5.41, 5.74) is 1.36. The van der Waals surface area contributed by atoms with Crippen molar-refractivity contribution in [2.24, 2.45) is 0 Å². The molecule has 1 heterocycles. The van der Waals surface area contributed by atoms with Crippen LogP contribution in [-0.2, 0) is 13.1 Å². The molecular weight excluding hydrogens is 200 g/mol. The fraction of sp³-hybridized carbons (Fsp3) is 0.692. The van der Waals surface area contributed by atoms with E-state index >= 15 is 0 Å². The maximum atomic E-state index is 8.66. The van der Waals surface area contributed by atoms with Crippen molar-refractivity contribution in [2.45, 2.75) is 45.7 Å². The molecule has 0 aliphatic carbocycles. The van der Waals surface area contributed by atoms with E-state index in [1.165, 1.54) is 18.4 Å². The van der Waals surface area contributed by atoms with Gasteiger partial charge in [-0.15, -0.1) is 0 Å². The Morgan fingerprint density at radius 3 is 2.81 bits per heavy atom. The lowest BCUT2D eigenvalue weighted by Gasteiger charge is -2.02. The first-order valence-electron chi connectivity index (χ1n) is 6.33. The van der Waals surface area contributed by atoms with E-state index in [4.69, 9.17) is 5.11 Å². The third-order valence-corrected chi connectivity index (χ3v) is 2.72. The summed E-state index contributed by atoms with van der Waals surface area (Å²) in [6.45, 7) is 5.53. The second-order valence-electron chi connectivity index (χ2n) is 4.18. The van der Waals surface area contributed by atoms with Crippen LogP contribution in [0.5, 0.6) is 0 Å². The van der Waals surface area contributed by atoms with Crippen LogP contribution in [0.3, 0.4) is 0 Å². The first-order valence-corrected chi connectivity index (χ1v) is 6.33. The van der Waals surface area contributed by atoms with E-state index in [9.17, 15) is 0 Å². The molecule has 0 radical (unpaired) electrons. The summed E-state index contributed by atoms with van der Waals surface area (Å²) in [7, 11) is 0. The van der Waals surface area contributed by atoms with Gasteiger partial charge in [0.25, 0.3) is 0 Å². The van der Waals surface area contributed by atoms with Gasteiger partial charge in [-0.1, -0.05) is 19.8 Å². The molecule has 1 aromatic rings. The summed E-state index contributed by atoms with van der Waals surface area (Å²) in [6.07, 6.45) is 8.86. The smallest absolute Gasteiger partial charge is 0.0431 e.